The van der Waals surface area contributed by atoms with Gasteiger partial charge in [0.2, 0.25) is 11.8 Å². The van der Waals surface area contributed by atoms with Crippen LogP contribution in [0.2, 0.25) is 0 Å². The summed E-state index contributed by atoms with van der Waals surface area (Å²) in [7, 11) is 1.62. The number of aryl methyl sites for hydroxylation is 1. The van der Waals surface area contributed by atoms with Crippen LogP contribution in [0.1, 0.15) is 42.5 Å². The van der Waals surface area contributed by atoms with Gasteiger partial charge in [0, 0.05) is 32.7 Å². The Kier molecular flexibility index (Phi) is 11.0. The van der Waals surface area contributed by atoms with Crippen LogP contribution in [0.3, 0.4) is 0 Å². The molecule has 0 radical (unpaired) electrons. The molecule has 1 atom stereocenters. The van der Waals surface area contributed by atoms with Gasteiger partial charge in [-0.15, -0.1) is 0 Å². The fraction of sp³-hybridized carbons (Fsp3) is 0.333. The minimum Gasteiger partial charge on any atom is -0.497 e. The maximum atomic E-state index is 13.7. The van der Waals surface area contributed by atoms with Crippen LogP contribution in [0.5, 0.6) is 5.75 Å². The topological polar surface area (TPSA) is 67.9 Å². The Morgan fingerprint density at radius 2 is 1.56 bits per heavy atom. The second-order valence-electron chi connectivity index (χ2n) is 8.51. The van der Waals surface area contributed by atoms with Crippen LogP contribution in [0, 0.1) is 0 Å². The standard InChI is InChI=1S/C30H36N2O4/c1-3-36-22-10-21-31-30(34)29(26-13-8-5-9-14-26)32(23-25-15-18-27(35-2)19-16-25)28(33)20-17-24-11-6-4-7-12-24/h4-9,11-16,18-19,29H,3,10,17,20-23H2,1-2H3,(H,31,34)/t29-/m1/s1. The van der Waals surface area contributed by atoms with Crippen molar-refractivity contribution in [3.63, 3.8) is 0 Å². The highest BCUT2D eigenvalue weighted by atomic mass is 16.5. The second-order valence-corrected chi connectivity index (χ2v) is 8.51. The van der Waals surface area contributed by atoms with Crippen LogP contribution in [0.15, 0.2) is 84.9 Å². The van der Waals surface area contributed by atoms with Crippen LogP contribution >= 0.6 is 0 Å². The lowest BCUT2D eigenvalue weighted by molar-refractivity contribution is -0.141. The molecule has 190 valence electrons. The van der Waals surface area contributed by atoms with Gasteiger partial charge in [0.1, 0.15) is 11.8 Å². The van der Waals surface area contributed by atoms with E-state index in [0.717, 1.165) is 22.4 Å². The summed E-state index contributed by atoms with van der Waals surface area (Å²) in [5.41, 5.74) is 2.79. The van der Waals surface area contributed by atoms with Crippen molar-refractivity contribution < 1.29 is 19.1 Å². The molecule has 3 aromatic carbocycles. The van der Waals surface area contributed by atoms with Crippen molar-refractivity contribution in [2.75, 3.05) is 26.9 Å². The third kappa shape index (κ3) is 8.24. The average molecular weight is 489 g/mol. The molecule has 36 heavy (non-hydrogen) atoms. The van der Waals surface area contributed by atoms with Gasteiger partial charge in [0.05, 0.1) is 7.11 Å². The number of hydrogen-bond acceptors (Lipinski definition) is 4. The Hall–Kier alpha value is -3.64. The molecule has 6 nitrogen and oxygen atoms in total. The molecule has 0 saturated heterocycles. The highest BCUT2D eigenvalue weighted by Gasteiger charge is 2.31. The minimum atomic E-state index is -0.747. The van der Waals surface area contributed by atoms with Gasteiger partial charge in [0.15, 0.2) is 0 Å². The normalized spacial score (nSPS) is 11.5. The van der Waals surface area contributed by atoms with Crippen molar-refractivity contribution >= 4 is 11.8 Å². The predicted octanol–water partition coefficient (Wildman–Crippen LogP) is 4.94. The van der Waals surface area contributed by atoms with Gasteiger partial charge in [-0.25, -0.2) is 0 Å². The maximum Gasteiger partial charge on any atom is 0.247 e. The zero-order valence-electron chi connectivity index (χ0n) is 21.2. The first-order valence-electron chi connectivity index (χ1n) is 12.5. The molecule has 0 saturated carbocycles. The molecule has 0 aliphatic rings. The third-order valence-corrected chi connectivity index (χ3v) is 5.95. The van der Waals surface area contributed by atoms with E-state index in [2.05, 4.69) is 5.32 Å². The highest BCUT2D eigenvalue weighted by Crippen LogP contribution is 2.26. The fourth-order valence-electron chi connectivity index (χ4n) is 4.03. The van der Waals surface area contributed by atoms with Crippen molar-refractivity contribution in [2.24, 2.45) is 0 Å². The van der Waals surface area contributed by atoms with E-state index in [0.29, 0.717) is 45.6 Å². The summed E-state index contributed by atoms with van der Waals surface area (Å²) in [6.45, 7) is 3.97. The monoisotopic (exact) mass is 488 g/mol. The summed E-state index contributed by atoms with van der Waals surface area (Å²) in [5.74, 6) is 0.472. The first-order chi connectivity index (χ1) is 17.6. The van der Waals surface area contributed by atoms with E-state index >= 15 is 0 Å². The molecular formula is C30H36N2O4. The number of ether oxygens (including phenoxy) is 2. The smallest absolute Gasteiger partial charge is 0.247 e. The molecule has 1 N–H and O–H groups in total. The number of nitrogens with zero attached hydrogens (tertiary/aromatic N) is 1. The van der Waals surface area contributed by atoms with Crippen LogP contribution < -0.4 is 10.1 Å². The van der Waals surface area contributed by atoms with E-state index in [1.54, 1.807) is 12.0 Å². The van der Waals surface area contributed by atoms with Gasteiger partial charge in [-0.05, 0) is 48.6 Å². The molecule has 0 fully saturated rings. The van der Waals surface area contributed by atoms with Crippen LogP contribution in [0.4, 0.5) is 0 Å². The summed E-state index contributed by atoms with van der Waals surface area (Å²) >= 11 is 0. The second kappa shape index (κ2) is 14.7. The van der Waals surface area contributed by atoms with Crippen molar-refractivity contribution in [2.45, 2.75) is 38.8 Å². The van der Waals surface area contributed by atoms with Crippen LogP contribution in [-0.4, -0.2) is 43.6 Å². The number of hydrogen-bond donors (Lipinski definition) is 1. The Morgan fingerprint density at radius 3 is 2.19 bits per heavy atom. The number of nitrogens with one attached hydrogen (secondary N) is 1. The number of benzene rings is 3. The summed E-state index contributed by atoms with van der Waals surface area (Å²) in [6.07, 6.45) is 1.62. The number of amides is 2. The fourth-order valence-corrected chi connectivity index (χ4v) is 4.03. The van der Waals surface area contributed by atoms with Gasteiger partial charge >= 0.3 is 0 Å². The van der Waals surface area contributed by atoms with E-state index in [-0.39, 0.29) is 11.8 Å². The van der Waals surface area contributed by atoms with E-state index in [4.69, 9.17) is 9.47 Å². The first-order valence-corrected chi connectivity index (χ1v) is 12.5. The van der Waals surface area contributed by atoms with Crippen molar-refractivity contribution in [3.8, 4) is 5.75 Å². The summed E-state index contributed by atoms with van der Waals surface area (Å²) in [4.78, 5) is 28.9. The van der Waals surface area contributed by atoms with E-state index in [1.807, 2.05) is 91.9 Å². The van der Waals surface area contributed by atoms with Crippen LogP contribution in [0.25, 0.3) is 0 Å². The molecule has 0 unspecified atom stereocenters. The van der Waals surface area contributed by atoms with Crippen molar-refractivity contribution in [1.82, 2.24) is 10.2 Å². The third-order valence-electron chi connectivity index (χ3n) is 5.95. The van der Waals surface area contributed by atoms with Gasteiger partial charge < -0.3 is 19.7 Å². The zero-order chi connectivity index (χ0) is 25.6. The predicted molar refractivity (Wildman–Crippen MR) is 142 cm³/mol. The lowest BCUT2D eigenvalue weighted by Gasteiger charge is -2.32. The molecular weight excluding hydrogens is 452 g/mol. The molecule has 2 amide bonds. The van der Waals surface area contributed by atoms with Gasteiger partial charge in [0.25, 0.3) is 0 Å². The minimum absolute atomic E-state index is 0.0759. The Bertz CT molecular complexity index is 1060. The zero-order valence-corrected chi connectivity index (χ0v) is 21.2. The Balaban J connectivity index is 1.86. The molecule has 0 heterocycles. The quantitative estimate of drug-likeness (QED) is 0.326. The van der Waals surface area contributed by atoms with E-state index in [9.17, 15) is 9.59 Å². The lowest BCUT2D eigenvalue weighted by Crippen LogP contribution is -2.43. The summed E-state index contributed by atoms with van der Waals surface area (Å²) in [5, 5.41) is 3.02. The molecule has 0 aliphatic carbocycles. The molecule has 3 aromatic rings. The van der Waals surface area contributed by atoms with Crippen molar-refractivity contribution in [1.29, 1.82) is 0 Å². The van der Waals surface area contributed by atoms with Gasteiger partial charge in [-0.1, -0.05) is 72.8 Å². The first kappa shape index (κ1) is 27.0. The molecule has 3 rings (SSSR count). The van der Waals surface area contributed by atoms with E-state index in [1.165, 1.54) is 0 Å². The number of carbonyl (C=O) groups is 2. The summed E-state index contributed by atoms with van der Waals surface area (Å²) in [6, 6.07) is 26.3. The maximum absolute atomic E-state index is 13.7. The van der Waals surface area contributed by atoms with Gasteiger partial charge in [-0.3, -0.25) is 9.59 Å². The molecule has 0 aliphatic heterocycles. The largest absolute Gasteiger partial charge is 0.497 e. The highest BCUT2D eigenvalue weighted by molar-refractivity contribution is 5.88. The Labute approximate surface area is 214 Å². The summed E-state index contributed by atoms with van der Waals surface area (Å²) < 4.78 is 10.7. The molecule has 0 bridgehead atoms. The number of carbonyl (C=O) groups excluding carboxylic acids is 2. The molecule has 0 aromatic heterocycles. The molecule has 6 heteroatoms. The average Bonchev–Trinajstić information content (AvgIpc) is 2.93. The lowest BCUT2D eigenvalue weighted by atomic mass is 10.0. The Morgan fingerprint density at radius 1 is 0.889 bits per heavy atom. The SMILES string of the molecule is CCOCCCNC(=O)[C@@H](c1ccccc1)N(Cc1ccc(OC)cc1)C(=O)CCc1ccccc1. The molecule has 0 spiro atoms. The number of rotatable bonds is 14. The number of methoxy groups -OCH3 is 1. The van der Waals surface area contributed by atoms with E-state index < -0.39 is 6.04 Å². The van der Waals surface area contributed by atoms with Crippen molar-refractivity contribution in [3.05, 3.63) is 102 Å². The van der Waals surface area contributed by atoms with Gasteiger partial charge in [-0.2, -0.15) is 0 Å². The van der Waals surface area contributed by atoms with Crippen LogP contribution in [-0.2, 0) is 27.3 Å².